The molecule has 0 unspecified atom stereocenters. The lowest BCUT2D eigenvalue weighted by Gasteiger charge is -2.04. The van der Waals surface area contributed by atoms with Gasteiger partial charge < -0.3 is 10.5 Å². The lowest BCUT2D eigenvalue weighted by Crippen LogP contribution is -2.19. The zero-order valence-corrected chi connectivity index (χ0v) is 8.32. The fourth-order valence-corrected chi connectivity index (χ4v) is 1.23. The van der Waals surface area contributed by atoms with Crippen LogP contribution in [-0.2, 0) is 11.2 Å². The predicted molar refractivity (Wildman–Crippen MR) is 55.1 cm³/mol. The average Bonchev–Trinajstić information content (AvgIpc) is 2.19. The lowest BCUT2D eigenvalue weighted by atomic mass is 10.1. The van der Waals surface area contributed by atoms with Crippen molar-refractivity contribution in [3.05, 3.63) is 29.8 Å². The molecule has 0 aliphatic carbocycles. The van der Waals surface area contributed by atoms with Crippen molar-refractivity contribution in [1.29, 1.82) is 0 Å². The van der Waals surface area contributed by atoms with Crippen LogP contribution >= 0.6 is 0 Å². The molecular weight excluding hydrogens is 178 g/mol. The van der Waals surface area contributed by atoms with E-state index >= 15 is 0 Å². The number of ether oxygens (including phenoxy) is 1. The Bertz CT molecular complexity index is 310. The summed E-state index contributed by atoms with van der Waals surface area (Å²) in [5.74, 6) is 0.171. The van der Waals surface area contributed by atoms with Gasteiger partial charge in [0.15, 0.2) is 0 Å². The van der Waals surface area contributed by atoms with Crippen molar-refractivity contribution in [1.82, 2.24) is 0 Å². The van der Waals surface area contributed by atoms with Gasteiger partial charge in [-0.15, -0.1) is 0 Å². The minimum Gasteiger partial charge on any atom is -0.426 e. The van der Waals surface area contributed by atoms with Crippen LogP contribution in [0, 0.1) is 0 Å². The Labute approximate surface area is 83.9 Å². The molecule has 0 bridgehead atoms. The molecule has 0 radical (unpaired) electrons. The number of carbonyl (C=O) groups excluding carboxylic acids is 1. The largest absolute Gasteiger partial charge is 0.426 e. The number of carbonyl (C=O) groups is 1. The molecule has 1 aromatic carbocycles. The van der Waals surface area contributed by atoms with Crippen LogP contribution in [0.2, 0.25) is 0 Å². The molecule has 0 fully saturated rings. The maximum atomic E-state index is 10.9. The number of aryl methyl sites for hydroxylation is 1. The summed E-state index contributed by atoms with van der Waals surface area (Å²) in [5.41, 5.74) is 6.32. The molecule has 0 atom stereocenters. The molecule has 0 aromatic heterocycles. The van der Waals surface area contributed by atoms with E-state index in [2.05, 4.69) is 6.92 Å². The van der Waals surface area contributed by atoms with E-state index in [1.807, 2.05) is 18.2 Å². The van der Waals surface area contributed by atoms with Crippen LogP contribution in [0.4, 0.5) is 0 Å². The van der Waals surface area contributed by atoms with Crippen molar-refractivity contribution in [3.63, 3.8) is 0 Å². The van der Waals surface area contributed by atoms with Crippen LogP contribution in [-0.4, -0.2) is 12.5 Å². The molecule has 0 aliphatic heterocycles. The van der Waals surface area contributed by atoms with Crippen LogP contribution in [0.3, 0.4) is 0 Å². The quantitative estimate of drug-likeness (QED) is 0.582. The fraction of sp³-hybridized carbons (Fsp3) is 0.364. The third-order valence-electron chi connectivity index (χ3n) is 1.84. The maximum Gasteiger partial charge on any atom is 0.325 e. The van der Waals surface area contributed by atoms with E-state index in [0.29, 0.717) is 5.75 Å². The fourth-order valence-electron chi connectivity index (χ4n) is 1.23. The third-order valence-corrected chi connectivity index (χ3v) is 1.84. The van der Waals surface area contributed by atoms with E-state index in [0.717, 1.165) is 12.8 Å². The van der Waals surface area contributed by atoms with Crippen LogP contribution < -0.4 is 10.5 Å². The van der Waals surface area contributed by atoms with Crippen LogP contribution in [0.15, 0.2) is 24.3 Å². The highest BCUT2D eigenvalue weighted by Gasteiger charge is 2.01. The summed E-state index contributed by atoms with van der Waals surface area (Å²) in [4.78, 5) is 10.9. The van der Waals surface area contributed by atoms with Gasteiger partial charge in [-0.3, -0.25) is 4.79 Å². The molecule has 2 N–H and O–H groups in total. The molecule has 1 aromatic rings. The summed E-state index contributed by atoms with van der Waals surface area (Å²) in [6.07, 6.45) is 2.07. The maximum absolute atomic E-state index is 10.9. The van der Waals surface area contributed by atoms with Gasteiger partial charge in [-0.05, 0) is 24.1 Å². The van der Waals surface area contributed by atoms with E-state index in [1.54, 1.807) is 6.07 Å². The molecule has 0 spiro atoms. The van der Waals surface area contributed by atoms with Gasteiger partial charge in [-0.2, -0.15) is 0 Å². The summed E-state index contributed by atoms with van der Waals surface area (Å²) in [6.45, 7) is 2.02. The second kappa shape index (κ2) is 5.40. The van der Waals surface area contributed by atoms with Crippen molar-refractivity contribution in [3.8, 4) is 5.75 Å². The first-order valence-corrected chi connectivity index (χ1v) is 4.76. The van der Waals surface area contributed by atoms with Crippen molar-refractivity contribution >= 4 is 5.97 Å². The number of hydrogen-bond donors (Lipinski definition) is 1. The standard InChI is InChI=1S/C11H15NO2/c1-2-4-9-5-3-6-10(7-9)14-11(13)8-12/h3,5-7H,2,4,8,12H2,1H3. The van der Waals surface area contributed by atoms with Crippen molar-refractivity contribution in [2.45, 2.75) is 19.8 Å². The van der Waals surface area contributed by atoms with Crippen LogP contribution in [0.1, 0.15) is 18.9 Å². The molecule has 0 heterocycles. The molecule has 0 saturated heterocycles. The SMILES string of the molecule is CCCc1cccc(OC(=O)CN)c1. The van der Waals surface area contributed by atoms with Crippen molar-refractivity contribution < 1.29 is 9.53 Å². The molecule has 76 valence electrons. The van der Waals surface area contributed by atoms with E-state index in [1.165, 1.54) is 5.56 Å². The highest BCUT2D eigenvalue weighted by Crippen LogP contribution is 2.14. The first kappa shape index (κ1) is 10.7. The second-order valence-corrected chi connectivity index (χ2v) is 3.08. The van der Waals surface area contributed by atoms with E-state index in [4.69, 9.17) is 10.5 Å². The Morgan fingerprint density at radius 2 is 2.29 bits per heavy atom. The Morgan fingerprint density at radius 3 is 2.93 bits per heavy atom. The first-order valence-electron chi connectivity index (χ1n) is 4.76. The third kappa shape index (κ3) is 3.18. The summed E-state index contributed by atoms with van der Waals surface area (Å²) < 4.78 is 4.99. The molecule has 0 aliphatic rings. The minimum atomic E-state index is -0.404. The summed E-state index contributed by atoms with van der Waals surface area (Å²) in [6, 6.07) is 7.52. The zero-order valence-electron chi connectivity index (χ0n) is 8.32. The van der Waals surface area contributed by atoms with Gasteiger partial charge in [0.05, 0.1) is 6.54 Å². The van der Waals surface area contributed by atoms with Gasteiger partial charge in [0.2, 0.25) is 0 Å². The molecule has 0 amide bonds. The Balaban J connectivity index is 2.68. The summed E-state index contributed by atoms with van der Waals surface area (Å²) >= 11 is 0. The Morgan fingerprint density at radius 1 is 1.50 bits per heavy atom. The average molecular weight is 193 g/mol. The van der Waals surface area contributed by atoms with E-state index < -0.39 is 5.97 Å². The number of hydrogen-bond acceptors (Lipinski definition) is 3. The minimum absolute atomic E-state index is 0.0853. The van der Waals surface area contributed by atoms with Crippen LogP contribution in [0.25, 0.3) is 0 Å². The monoisotopic (exact) mass is 193 g/mol. The smallest absolute Gasteiger partial charge is 0.325 e. The van der Waals surface area contributed by atoms with Crippen molar-refractivity contribution in [2.24, 2.45) is 5.73 Å². The number of rotatable bonds is 4. The first-order chi connectivity index (χ1) is 6.76. The summed E-state index contributed by atoms with van der Waals surface area (Å²) in [7, 11) is 0. The molecule has 3 nitrogen and oxygen atoms in total. The van der Waals surface area contributed by atoms with Gasteiger partial charge in [0, 0.05) is 0 Å². The predicted octanol–water partition coefficient (Wildman–Crippen LogP) is 1.50. The van der Waals surface area contributed by atoms with Crippen LogP contribution in [0.5, 0.6) is 5.75 Å². The molecule has 3 heteroatoms. The van der Waals surface area contributed by atoms with Gasteiger partial charge in [-0.25, -0.2) is 0 Å². The van der Waals surface area contributed by atoms with Gasteiger partial charge in [0.25, 0.3) is 0 Å². The van der Waals surface area contributed by atoms with E-state index in [-0.39, 0.29) is 6.54 Å². The normalized spacial score (nSPS) is 9.86. The highest BCUT2D eigenvalue weighted by atomic mass is 16.5. The molecule has 0 saturated carbocycles. The van der Waals surface area contributed by atoms with Gasteiger partial charge in [0.1, 0.15) is 5.75 Å². The summed E-state index contributed by atoms with van der Waals surface area (Å²) in [5, 5.41) is 0. The van der Waals surface area contributed by atoms with Gasteiger partial charge in [-0.1, -0.05) is 25.5 Å². The molecule has 1 rings (SSSR count). The van der Waals surface area contributed by atoms with E-state index in [9.17, 15) is 4.79 Å². The van der Waals surface area contributed by atoms with Crippen molar-refractivity contribution in [2.75, 3.05) is 6.54 Å². The van der Waals surface area contributed by atoms with Gasteiger partial charge >= 0.3 is 5.97 Å². The Kier molecular flexibility index (Phi) is 4.13. The number of esters is 1. The lowest BCUT2D eigenvalue weighted by molar-refractivity contribution is -0.132. The number of nitrogens with two attached hydrogens (primary N) is 1. The zero-order chi connectivity index (χ0) is 10.4. The molecule has 14 heavy (non-hydrogen) atoms. The number of benzene rings is 1. The topological polar surface area (TPSA) is 52.3 Å². The second-order valence-electron chi connectivity index (χ2n) is 3.08. The Hall–Kier alpha value is -1.35. The molecular formula is C11H15NO2. The highest BCUT2D eigenvalue weighted by molar-refractivity contribution is 5.74.